The van der Waals surface area contributed by atoms with Gasteiger partial charge >= 0.3 is 0 Å². The lowest BCUT2D eigenvalue weighted by atomic mass is 10.1. The Kier molecular flexibility index (Phi) is 4.26. The third-order valence-electron chi connectivity index (χ3n) is 3.93. The van der Waals surface area contributed by atoms with Gasteiger partial charge in [-0.1, -0.05) is 0 Å². The molecule has 1 aliphatic rings. The summed E-state index contributed by atoms with van der Waals surface area (Å²) in [5.41, 5.74) is 2.09. The quantitative estimate of drug-likeness (QED) is 0.805. The molecular weight excluding hydrogens is 310 g/mol. The minimum Gasteiger partial charge on any atom is -0.367 e. The van der Waals surface area contributed by atoms with Crippen LogP contribution in [0.1, 0.15) is 28.7 Å². The monoisotopic (exact) mass is 327 g/mol. The van der Waals surface area contributed by atoms with E-state index < -0.39 is 0 Å². The van der Waals surface area contributed by atoms with Gasteiger partial charge in [0.25, 0.3) is 0 Å². The molecule has 0 bridgehead atoms. The predicted octanol–water partition coefficient (Wildman–Crippen LogP) is 2.25. The molecule has 7 heteroatoms. The number of rotatable bonds is 3. The number of piperazine rings is 1. The summed E-state index contributed by atoms with van der Waals surface area (Å²) in [6.45, 7) is 6.65. The summed E-state index contributed by atoms with van der Waals surface area (Å²) >= 11 is 1.42. The lowest BCUT2D eigenvalue weighted by molar-refractivity contribution is 0.101. The van der Waals surface area contributed by atoms with Crippen molar-refractivity contribution in [3.8, 4) is 6.07 Å². The largest absolute Gasteiger partial charge is 0.367 e. The molecular formula is C16H17N5OS. The third kappa shape index (κ3) is 3.17. The number of nitrogens with zero attached hydrogens (tertiary/aromatic N) is 5. The van der Waals surface area contributed by atoms with E-state index in [1.165, 1.54) is 11.5 Å². The highest BCUT2D eigenvalue weighted by Gasteiger charge is 2.22. The van der Waals surface area contributed by atoms with Crippen LogP contribution in [-0.2, 0) is 0 Å². The first-order valence-electron chi connectivity index (χ1n) is 7.44. The molecule has 0 aliphatic carbocycles. The minimum atomic E-state index is 0.0127. The van der Waals surface area contributed by atoms with Crippen molar-refractivity contribution in [3.05, 3.63) is 35.2 Å². The number of benzene rings is 1. The number of carbonyl (C=O) groups is 1. The first kappa shape index (κ1) is 15.4. The van der Waals surface area contributed by atoms with E-state index in [1.54, 1.807) is 19.1 Å². The average molecular weight is 327 g/mol. The van der Waals surface area contributed by atoms with Crippen molar-refractivity contribution in [1.82, 2.24) is 9.36 Å². The van der Waals surface area contributed by atoms with Gasteiger partial charge in [0.05, 0.1) is 11.3 Å². The number of Topliss-reactive ketones (excluding diaryl/α,β-unsaturated/α-hetero) is 1. The number of anilines is 2. The Labute approximate surface area is 139 Å². The Morgan fingerprint density at radius 2 is 1.96 bits per heavy atom. The Bertz CT molecular complexity index is 771. The zero-order chi connectivity index (χ0) is 16.4. The van der Waals surface area contributed by atoms with Gasteiger partial charge in [0, 0.05) is 43.3 Å². The summed E-state index contributed by atoms with van der Waals surface area (Å²) in [5.74, 6) is 0.812. The molecule has 0 unspecified atom stereocenters. The molecule has 0 atom stereocenters. The van der Waals surface area contributed by atoms with Gasteiger partial charge in [-0.15, -0.1) is 0 Å². The summed E-state index contributed by atoms with van der Waals surface area (Å²) in [4.78, 5) is 20.4. The molecule has 118 valence electrons. The van der Waals surface area contributed by atoms with Crippen molar-refractivity contribution in [2.24, 2.45) is 0 Å². The van der Waals surface area contributed by atoms with Crippen LogP contribution < -0.4 is 9.80 Å². The summed E-state index contributed by atoms with van der Waals surface area (Å²) in [6.07, 6.45) is 0. The molecule has 0 N–H and O–H groups in total. The number of aryl methyl sites for hydroxylation is 1. The molecule has 1 aromatic carbocycles. The van der Waals surface area contributed by atoms with E-state index in [0.717, 1.165) is 42.8 Å². The molecule has 23 heavy (non-hydrogen) atoms. The van der Waals surface area contributed by atoms with Gasteiger partial charge < -0.3 is 9.80 Å². The van der Waals surface area contributed by atoms with Crippen molar-refractivity contribution < 1.29 is 4.79 Å². The summed E-state index contributed by atoms with van der Waals surface area (Å²) in [6, 6.07) is 7.49. The predicted molar refractivity (Wildman–Crippen MR) is 90.2 cm³/mol. The summed E-state index contributed by atoms with van der Waals surface area (Å²) in [5, 5.41) is 10.3. The summed E-state index contributed by atoms with van der Waals surface area (Å²) in [7, 11) is 0. The molecule has 0 amide bonds. The molecule has 2 aromatic rings. The van der Waals surface area contributed by atoms with Gasteiger partial charge in [0.1, 0.15) is 11.9 Å². The van der Waals surface area contributed by atoms with Crippen LogP contribution in [0.25, 0.3) is 0 Å². The van der Waals surface area contributed by atoms with Gasteiger partial charge in [0.2, 0.25) is 5.13 Å². The summed E-state index contributed by atoms with van der Waals surface area (Å²) < 4.78 is 4.22. The molecule has 3 rings (SSSR count). The van der Waals surface area contributed by atoms with E-state index in [-0.39, 0.29) is 5.78 Å². The van der Waals surface area contributed by atoms with Crippen LogP contribution in [0.15, 0.2) is 18.2 Å². The fourth-order valence-corrected chi connectivity index (χ4v) is 3.39. The average Bonchev–Trinajstić information content (AvgIpc) is 3.01. The van der Waals surface area contributed by atoms with Crippen LogP contribution in [0.5, 0.6) is 0 Å². The van der Waals surface area contributed by atoms with Crippen molar-refractivity contribution in [2.45, 2.75) is 13.8 Å². The van der Waals surface area contributed by atoms with Crippen LogP contribution >= 0.6 is 11.5 Å². The zero-order valence-electron chi connectivity index (χ0n) is 13.1. The number of nitriles is 1. The van der Waals surface area contributed by atoms with Gasteiger partial charge in [0.15, 0.2) is 5.78 Å². The molecule has 0 radical (unpaired) electrons. The maximum absolute atomic E-state index is 11.6. The maximum Gasteiger partial charge on any atom is 0.205 e. The number of carbonyl (C=O) groups excluding carboxylic acids is 1. The fourth-order valence-electron chi connectivity index (χ4n) is 2.66. The molecule has 1 saturated heterocycles. The van der Waals surface area contributed by atoms with Crippen molar-refractivity contribution in [2.75, 3.05) is 36.0 Å². The van der Waals surface area contributed by atoms with E-state index in [1.807, 2.05) is 13.0 Å². The van der Waals surface area contributed by atoms with E-state index in [9.17, 15) is 10.1 Å². The van der Waals surface area contributed by atoms with E-state index in [2.05, 4.69) is 25.2 Å². The molecule has 1 aliphatic heterocycles. The van der Waals surface area contributed by atoms with Gasteiger partial charge in [-0.25, -0.2) is 4.98 Å². The highest BCUT2D eigenvalue weighted by Crippen LogP contribution is 2.25. The van der Waals surface area contributed by atoms with Crippen molar-refractivity contribution in [3.63, 3.8) is 0 Å². The van der Waals surface area contributed by atoms with Crippen LogP contribution in [-0.4, -0.2) is 41.3 Å². The first-order chi connectivity index (χ1) is 11.1. The standard InChI is InChI=1S/C16H17N5OS/c1-11(22)13-3-4-14(10-17)15(9-13)20-5-7-21(8-6-20)16-18-12(2)19-23-16/h3-4,9H,5-8H2,1-2H3. The third-order valence-corrected chi connectivity index (χ3v) is 4.80. The van der Waals surface area contributed by atoms with E-state index in [4.69, 9.17) is 0 Å². The Morgan fingerprint density at radius 3 is 2.52 bits per heavy atom. The Balaban J connectivity index is 1.78. The number of hydrogen-bond acceptors (Lipinski definition) is 7. The molecule has 1 aromatic heterocycles. The lowest BCUT2D eigenvalue weighted by Gasteiger charge is -2.36. The number of aromatic nitrogens is 2. The Hall–Kier alpha value is -2.46. The van der Waals surface area contributed by atoms with Crippen LogP contribution in [0.4, 0.5) is 10.8 Å². The lowest BCUT2D eigenvalue weighted by Crippen LogP contribution is -2.46. The Morgan fingerprint density at radius 1 is 1.26 bits per heavy atom. The highest BCUT2D eigenvalue weighted by molar-refractivity contribution is 7.09. The van der Waals surface area contributed by atoms with Crippen molar-refractivity contribution in [1.29, 1.82) is 5.26 Å². The second-order valence-corrected chi connectivity index (χ2v) is 6.23. The SMILES string of the molecule is CC(=O)c1ccc(C#N)c(N2CCN(c3nc(C)ns3)CC2)c1. The van der Waals surface area contributed by atoms with Gasteiger partial charge in [-0.3, -0.25) is 4.79 Å². The number of ketones is 1. The maximum atomic E-state index is 11.6. The van der Waals surface area contributed by atoms with E-state index in [0.29, 0.717) is 11.1 Å². The first-order valence-corrected chi connectivity index (χ1v) is 8.21. The fraction of sp³-hybridized carbons (Fsp3) is 0.375. The second-order valence-electron chi connectivity index (χ2n) is 5.50. The normalized spacial score (nSPS) is 14.7. The van der Waals surface area contributed by atoms with Crippen molar-refractivity contribution >= 4 is 28.1 Å². The number of hydrogen-bond donors (Lipinski definition) is 0. The smallest absolute Gasteiger partial charge is 0.205 e. The van der Waals surface area contributed by atoms with Gasteiger partial charge in [-0.05, 0) is 32.0 Å². The molecule has 0 spiro atoms. The molecule has 1 fully saturated rings. The van der Waals surface area contributed by atoms with Crippen LogP contribution in [0.3, 0.4) is 0 Å². The second kappa shape index (κ2) is 6.34. The van der Waals surface area contributed by atoms with Crippen LogP contribution in [0, 0.1) is 18.3 Å². The molecule has 0 saturated carbocycles. The molecule has 2 heterocycles. The highest BCUT2D eigenvalue weighted by atomic mass is 32.1. The minimum absolute atomic E-state index is 0.0127. The van der Waals surface area contributed by atoms with E-state index >= 15 is 0 Å². The molecule has 6 nitrogen and oxygen atoms in total. The van der Waals surface area contributed by atoms with Gasteiger partial charge in [-0.2, -0.15) is 9.64 Å². The topological polar surface area (TPSA) is 73.1 Å². The zero-order valence-corrected chi connectivity index (χ0v) is 13.9. The van der Waals surface area contributed by atoms with Crippen LogP contribution in [0.2, 0.25) is 0 Å².